The minimum Gasteiger partial charge on any atom is -0.326 e. The first kappa shape index (κ1) is 21.4. The molecule has 1 N–H and O–H groups in total. The van der Waals surface area contributed by atoms with Crippen molar-refractivity contribution >= 4 is 23.0 Å². The molecule has 1 heterocycles. The Kier molecular flexibility index (Phi) is 6.25. The minimum absolute atomic E-state index is 0.0585. The number of nitrogens with zero attached hydrogens (tertiary/aromatic N) is 2. The van der Waals surface area contributed by atoms with E-state index < -0.39 is 0 Å². The molecule has 1 aliphatic heterocycles. The van der Waals surface area contributed by atoms with Gasteiger partial charge >= 0.3 is 0 Å². The first-order chi connectivity index (χ1) is 16.2. The average molecular weight is 438 g/mol. The van der Waals surface area contributed by atoms with Gasteiger partial charge in [0.1, 0.15) is 0 Å². The van der Waals surface area contributed by atoms with Crippen LogP contribution in [0.1, 0.15) is 74.1 Å². The smallest absolute Gasteiger partial charge is 0.221 e. The van der Waals surface area contributed by atoms with Crippen molar-refractivity contribution in [3.63, 3.8) is 0 Å². The van der Waals surface area contributed by atoms with Gasteiger partial charge < -0.3 is 5.32 Å². The predicted octanol–water partition coefficient (Wildman–Crippen LogP) is 7.05. The quantitative estimate of drug-likeness (QED) is 0.465. The van der Waals surface area contributed by atoms with Crippen LogP contribution in [0.4, 0.5) is 11.4 Å². The van der Waals surface area contributed by atoms with Crippen molar-refractivity contribution in [2.45, 2.75) is 57.4 Å². The van der Waals surface area contributed by atoms with Crippen LogP contribution < -0.4 is 10.3 Å². The van der Waals surface area contributed by atoms with Gasteiger partial charge in [-0.25, -0.2) is 0 Å². The zero-order valence-corrected chi connectivity index (χ0v) is 19.2. The highest BCUT2D eigenvalue weighted by Gasteiger charge is 2.30. The molecule has 1 aliphatic carbocycles. The maximum atomic E-state index is 11.4. The Morgan fingerprint density at radius 3 is 2.18 bits per heavy atom. The van der Waals surface area contributed by atoms with Gasteiger partial charge in [0, 0.05) is 19.0 Å². The molecule has 33 heavy (non-hydrogen) atoms. The summed E-state index contributed by atoms with van der Waals surface area (Å²) in [7, 11) is 0. The molecular weight excluding hydrogens is 406 g/mol. The Bertz CT molecular complexity index is 1110. The number of carbonyl (C=O) groups excluding carboxylic acids is 1. The Balaban J connectivity index is 1.41. The van der Waals surface area contributed by atoms with Crippen LogP contribution in [0.3, 0.4) is 0 Å². The van der Waals surface area contributed by atoms with Gasteiger partial charge in [-0.15, -0.1) is 0 Å². The number of hydrazone groups is 1. The lowest BCUT2D eigenvalue weighted by atomic mass is 9.83. The summed E-state index contributed by atoms with van der Waals surface area (Å²) < 4.78 is 0. The third-order valence-electron chi connectivity index (χ3n) is 6.87. The number of nitrogens with one attached hydrogen (secondary N) is 1. The van der Waals surface area contributed by atoms with Crippen molar-refractivity contribution in [3.8, 4) is 0 Å². The molecule has 1 amide bonds. The largest absolute Gasteiger partial charge is 0.326 e. The second-order valence-corrected chi connectivity index (χ2v) is 9.21. The van der Waals surface area contributed by atoms with Crippen LogP contribution >= 0.6 is 0 Å². The van der Waals surface area contributed by atoms with E-state index in [-0.39, 0.29) is 11.9 Å². The SMILES string of the molecule is CC(=O)Nc1ccc([C@H]2CC(c3ccc(C4CCCCC4)cc3)=NN2c2ccccc2)cc1. The Morgan fingerprint density at radius 1 is 0.848 bits per heavy atom. The van der Waals surface area contributed by atoms with Crippen molar-refractivity contribution in [2.24, 2.45) is 5.10 Å². The monoisotopic (exact) mass is 437 g/mol. The van der Waals surface area contributed by atoms with E-state index in [1.807, 2.05) is 18.2 Å². The topological polar surface area (TPSA) is 44.7 Å². The summed E-state index contributed by atoms with van der Waals surface area (Å²) in [6, 6.07) is 27.7. The lowest BCUT2D eigenvalue weighted by Crippen LogP contribution is -2.18. The highest BCUT2D eigenvalue weighted by molar-refractivity contribution is 6.03. The van der Waals surface area contributed by atoms with E-state index in [2.05, 4.69) is 71.0 Å². The van der Waals surface area contributed by atoms with Crippen LogP contribution in [0.15, 0.2) is 84.0 Å². The molecule has 3 aromatic carbocycles. The normalized spacial score (nSPS) is 18.8. The first-order valence-corrected chi connectivity index (χ1v) is 12.1. The van der Waals surface area contributed by atoms with E-state index in [1.165, 1.54) is 55.7 Å². The molecule has 0 aromatic heterocycles. The van der Waals surface area contributed by atoms with Gasteiger partial charge in [-0.1, -0.05) is 73.9 Å². The molecule has 1 atom stereocenters. The van der Waals surface area contributed by atoms with E-state index >= 15 is 0 Å². The molecule has 0 saturated heterocycles. The molecule has 4 heteroatoms. The Hall–Kier alpha value is -3.40. The number of hydrogen-bond acceptors (Lipinski definition) is 3. The van der Waals surface area contributed by atoms with Gasteiger partial charge in [-0.3, -0.25) is 9.80 Å². The van der Waals surface area contributed by atoms with Crippen molar-refractivity contribution in [1.82, 2.24) is 0 Å². The molecule has 0 radical (unpaired) electrons. The zero-order chi connectivity index (χ0) is 22.6. The van der Waals surface area contributed by atoms with Crippen LogP contribution in [-0.2, 0) is 4.79 Å². The van der Waals surface area contributed by atoms with Gasteiger partial charge in [0.15, 0.2) is 0 Å². The van der Waals surface area contributed by atoms with E-state index in [1.54, 1.807) is 0 Å². The summed E-state index contributed by atoms with van der Waals surface area (Å²) in [6.07, 6.45) is 7.57. The van der Waals surface area contributed by atoms with Crippen LogP contribution in [0.25, 0.3) is 0 Å². The molecule has 1 saturated carbocycles. The second-order valence-electron chi connectivity index (χ2n) is 9.21. The number of hydrogen-bond donors (Lipinski definition) is 1. The molecule has 0 spiro atoms. The summed E-state index contributed by atoms with van der Waals surface area (Å²) in [5, 5.41) is 10.1. The highest BCUT2D eigenvalue weighted by Crippen LogP contribution is 2.38. The summed E-state index contributed by atoms with van der Waals surface area (Å²) in [5.41, 5.74) is 6.88. The molecule has 0 unspecified atom stereocenters. The Morgan fingerprint density at radius 2 is 1.52 bits per heavy atom. The molecule has 5 rings (SSSR count). The molecule has 2 aliphatic rings. The fraction of sp³-hybridized carbons (Fsp3) is 0.310. The number of para-hydroxylation sites is 1. The highest BCUT2D eigenvalue weighted by atomic mass is 16.1. The van der Waals surface area contributed by atoms with Gasteiger partial charge in [0.25, 0.3) is 0 Å². The van der Waals surface area contributed by atoms with Crippen LogP contribution in [0.5, 0.6) is 0 Å². The number of rotatable bonds is 5. The standard InChI is InChI=1S/C29H31N3O/c1-21(33)30-26-18-16-25(17-19-26)29-20-28(31-32(29)27-10-6-3-7-11-27)24-14-12-23(13-15-24)22-8-4-2-5-9-22/h3,6-7,10-19,22,29H,2,4-5,8-9,20H2,1H3,(H,30,33)/t29-/m1/s1. The van der Waals surface area contributed by atoms with Crippen LogP contribution in [0, 0.1) is 0 Å². The van der Waals surface area contributed by atoms with Crippen molar-refractivity contribution in [2.75, 3.05) is 10.3 Å². The first-order valence-electron chi connectivity index (χ1n) is 12.1. The van der Waals surface area contributed by atoms with Crippen molar-refractivity contribution < 1.29 is 4.79 Å². The third kappa shape index (κ3) is 4.85. The Labute approximate surface area is 196 Å². The maximum Gasteiger partial charge on any atom is 0.221 e. The lowest BCUT2D eigenvalue weighted by Gasteiger charge is -2.24. The summed E-state index contributed by atoms with van der Waals surface area (Å²) in [6.45, 7) is 1.53. The molecule has 168 valence electrons. The lowest BCUT2D eigenvalue weighted by molar-refractivity contribution is -0.114. The zero-order valence-electron chi connectivity index (χ0n) is 19.2. The average Bonchev–Trinajstić information content (AvgIpc) is 3.31. The van der Waals surface area contributed by atoms with Crippen LogP contribution in [-0.4, -0.2) is 11.6 Å². The molecule has 0 bridgehead atoms. The third-order valence-corrected chi connectivity index (χ3v) is 6.87. The van der Waals surface area contributed by atoms with Gasteiger partial charge in [-0.05, 0) is 59.7 Å². The number of benzene rings is 3. The maximum absolute atomic E-state index is 11.4. The molecule has 3 aromatic rings. The minimum atomic E-state index is -0.0585. The summed E-state index contributed by atoms with van der Waals surface area (Å²) in [4.78, 5) is 11.4. The van der Waals surface area contributed by atoms with Gasteiger partial charge in [-0.2, -0.15) is 5.10 Å². The molecular formula is C29H31N3O. The molecule has 4 nitrogen and oxygen atoms in total. The van der Waals surface area contributed by atoms with E-state index in [4.69, 9.17) is 5.10 Å². The van der Waals surface area contributed by atoms with Crippen molar-refractivity contribution in [1.29, 1.82) is 0 Å². The summed E-state index contributed by atoms with van der Waals surface area (Å²) in [5.74, 6) is 0.658. The second kappa shape index (κ2) is 9.62. The van der Waals surface area contributed by atoms with E-state index in [9.17, 15) is 4.79 Å². The van der Waals surface area contributed by atoms with Gasteiger partial charge in [0.05, 0.1) is 17.4 Å². The van der Waals surface area contributed by atoms with E-state index in [0.717, 1.165) is 23.5 Å². The van der Waals surface area contributed by atoms with E-state index in [0.29, 0.717) is 5.92 Å². The fourth-order valence-electron chi connectivity index (χ4n) is 5.14. The molecule has 1 fully saturated rings. The van der Waals surface area contributed by atoms with Crippen LogP contribution in [0.2, 0.25) is 0 Å². The van der Waals surface area contributed by atoms with Crippen molar-refractivity contribution in [3.05, 3.63) is 95.6 Å². The van der Waals surface area contributed by atoms with Gasteiger partial charge in [0.2, 0.25) is 5.91 Å². The number of carbonyl (C=O) groups is 1. The number of amides is 1. The predicted molar refractivity (Wildman–Crippen MR) is 136 cm³/mol. The summed E-state index contributed by atoms with van der Waals surface area (Å²) >= 11 is 0. The number of anilines is 2. The fourth-order valence-corrected chi connectivity index (χ4v) is 5.14.